The van der Waals surface area contributed by atoms with Crippen LogP contribution in [0.15, 0.2) is 140 Å². The largest absolute Gasteiger partial charge is 0.416 e. The van der Waals surface area contributed by atoms with Gasteiger partial charge in [-0.25, -0.2) is 0 Å². The second-order valence-corrected chi connectivity index (χ2v) is 17.5. The van der Waals surface area contributed by atoms with Crippen molar-refractivity contribution in [2.75, 3.05) is 0 Å². The molecule has 0 saturated carbocycles. The van der Waals surface area contributed by atoms with Gasteiger partial charge in [-0.05, 0) is 95.6 Å². The van der Waals surface area contributed by atoms with E-state index in [1.807, 2.05) is 72.8 Å². The van der Waals surface area contributed by atoms with Crippen molar-refractivity contribution in [2.24, 2.45) is 5.92 Å². The topological polar surface area (TPSA) is 0 Å². The van der Waals surface area contributed by atoms with E-state index in [0.29, 0.717) is 35.4 Å². The van der Waals surface area contributed by atoms with Crippen LogP contribution >= 0.6 is 15.8 Å². The molecule has 0 radical (unpaired) electrons. The number of hydrogen-bond acceptors (Lipinski definition) is 0. The fraction of sp³-hybridized carbons (Fsp3) is 0.171. The molecule has 0 spiro atoms. The summed E-state index contributed by atoms with van der Waals surface area (Å²) in [5.74, 6) is -0.858. The maximum absolute atomic E-state index is 14.2. The second kappa shape index (κ2) is 15.3. The van der Waals surface area contributed by atoms with Crippen LogP contribution in [0.3, 0.4) is 0 Å². The van der Waals surface area contributed by atoms with Crippen LogP contribution in [0.25, 0.3) is 5.57 Å². The fourth-order valence-electron chi connectivity index (χ4n) is 6.61. The van der Waals surface area contributed by atoms with E-state index in [1.165, 1.54) is 6.92 Å². The molecular weight excluding hydrogens is 782 g/mol. The van der Waals surface area contributed by atoms with Gasteiger partial charge in [-0.2, -0.15) is 52.7 Å². The minimum Gasteiger partial charge on any atom is -0.166 e. The Morgan fingerprint density at radius 2 is 0.855 bits per heavy atom. The SMILES string of the molecule is C[C@H](C1C=CC=C1c1ccccc1P(c1ccccc1)c1ccccc1)P(c1cc(C(F)(F)F)cc(C(F)(F)F)c1)c1cc(C(F)(F)F)cc(C(F)(F)F)c1. The number of hydrogen-bond donors (Lipinski definition) is 0. The maximum Gasteiger partial charge on any atom is 0.416 e. The van der Waals surface area contributed by atoms with Crippen LogP contribution in [0.2, 0.25) is 0 Å². The van der Waals surface area contributed by atoms with E-state index in [2.05, 4.69) is 0 Å². The van der Waals surface area contributed by atoms with Gasteiger partial charge in [0.05, 0.1) is 22.3 Å². The average molecular weight is 811 g/mol. The van der Waals surface area contributed by atoms with Crippen LogP contribution in [-0.4, -0.2) is 5.66 Å². The van der Waals surface area contributed by atoms with Crippen LogP contribution in [-0.2, 0) is 24.7 Å². The Morgan fingerprint density at radius 1 is 0.473 bits per heavy atom. The highest BCUT2D eigenvalue weighted by Gasteiger charge is 2.42. The lowest BCUT2D eigenvalue weighted by atomic mass is 9.93. The molecule has 1 unspecified atom stereocenters. The molecule has 0 heterocycles. The minimum absolute atomic E-state index is 0.124. The van der Waals surface area contributed by atoms with Crippen LogP contribution in [0, 0.1) is 5.92 Å². The monoisotopic (exact) mass is 810 g/mol. The molecule has 1 aliphatic rings. The van der Waals surface area contributed by atoms with Gasteiger partial charge in [-0.15, -0.1) is 0 Å². The Bertz CT molecular complexity index is 2020. The zero-order valence-corrected chi connectivity index (χ0v) is 30.2. The van der Waals surface area contributed by atoms with E-state index in [4.69, 9.17) is 0 Å². The lowest BCUT2D eigenvalue weighted by molar-refractivity contribution is -0.144. The highest BCUT2D eigenvalue weighted by atomic mass is 31.1. The van der Waals surface area contributed by atoms with Gasteiger partial charge in [-0.1, -0.05) is 110 Å². The predicted octanol–water partition coefficient (Wildman–Crippen LogP) is 11.6. The first-order valence-electron chi connectivity index (χ1n) is 16.5. The molecule has 0 nitrogen and oxygen atoms in total. The van der Waals surface area contributed by atoms with Gasteiger partial charge >= 0.3 is 24.7 Å². The molecule has 0 N–H and O–H groups in total. The van der Waals surface area contributed by atoms with Gasteiger partial charge in [0.2, 0.25) is 0 Å². The Balaban J connectivity index is 1.57. The number of rotatable bonds is 8. The zero-order valence-electron chi connectivity index (χ0n) is 28.4. The Labute approximate surface area is 310 Å². The Kier molecular flexibility index (Phi) is 11.2. The summed E-state index contributed by atoms with van der Waals surface area (Å²) in [4.78, 5) is 0. The van der Waals surface area contributed by atoms with E-state index in [9.17, 15) is 52.7 Å². The molecule has 5 aromatic carbocycles. The highest BCUT2D eigenvalue weighted by Crippen LogP contribution is 2.52. The first-order chi connectivity index (χ1) is 25.7. The molecule has 6 rings (SSSR count). The first-order valence-corrected chi connectivity index (χ1v) is 19.2. The van der Waals surface area contributed by atoms with E-state index in [-0.39, 0.29) is 12.1 Å². The second-order valence-electron chi connectivity index (χ2n) is 12.7. The van der Waals surface area contributed by atoms with E-state index < -0.39 is 85.0 Å². The predicted molar refractivity (Wildman–Crippen MR) is 194 cm³/mol. The van der Waals surface area contributed by atoms with Crippen LogP contribution in [0.5, 0.6) is 0 Å². The normalized spacial score (nSPS) is 15.8. The molecule has 0 saturated heterocycles. The third-order valence-electron chi connectivity index (χ3n) is 9.07. The van der Waals surface area contributed by atoms with Gasteiger partial charge in [0.1, 0.15) is 0 Å². The number of halogens is 12. The van der Waals surface area contributed by atoms with Crippen molar-refractivity contribution in [3.63, 3.8) is 0 Å². The van der Waals surface area contributed by atoms with Crippen molar-refractivity contribution < 1.29 is 52.7 Å². The summed E-state index contributed by atoms with van der Waals surface area (Å²) in [5, 5.41) is 1.40. The molecule has 1 aliphatic carbocycles. The van der Waals surface area contributed by atoms with Crippen molar-refractivity contribution in [1.82, 2.24) is 0 Å². The summed E-state index contributed by atoms with van der Waals surface area (Å²) < 4.78 is 170. The lowest BCUT2D eigenvalue weighted by Crippen LogP contribution is -2.30. The van der Waals surface area contributed by atoms with Crippen molar-refractivity contribution in [1.29, 1.82) is 0 Å². The fourth-order valence-corrected chi connectivity index (χ4v) is 12.0. The number of alkyl halides is 12. The Hall–Kier alpha value is -4.40. The number of benzene rings is 5. The molecule has 55 heavy (non-hydrogen) atoms. The Morgan fingerprint density at radius 3 is 1.25 bits per heavy atom. The van der Waals surface area contributed by atoms with Crippen molar-refractivity contribution in [3.8, 4) is 0 Å². The molecule has 0 fully saturated rings. The van der Waals surface area contributed by atoms with Gasteiger partial charge in [0, 0.05) is 5.92 Å². The quantitative estimate of drug-likeness (QED) is 0.108. The lowest BCUT2D eigenvalue weighted by Gasteiger charge is -2.33. The molecule has 0 amide bonds. The van der Waals surface area contributed by atoms with E-state index >= 15 is 0 Å². The summed E-state index contributed by atoms with van der Waals surface area (Å²) >= 11 is 0. The van der Waals surface area contributed by atoms with E-state index in [1.54, 1.807) is 30.4 Å². The minimum atomic E-state index is -5.32. The van der Waals surface area contributed by atoms with Gasteiger partial charge in [0.25, 0.3) is 0 Å². The summed E-state index contributed by atoms with van der Waals surface area (Å²) in [6.45, 7) is 1.43. The van der Waals surface area contributed by atoms with Crippen LogP contribution < -0.4 is 26.5 Å². The molecular formula is C41H28F12P2. The summed E-state index contributed by atoms with van der Waals surface area (Å²) in [7, 11) is -4.05. The molecule has 0 aromatic heterocycles. The molecule has 5 aromatic rings. The smallest absolute Gasteiger partial charge is 0.166 e. The average Bonchev–Trinajstić information content (AvgIpc) is 3.61. The van der Waals surface area contributed by atoms with Crippen LogP contribution in [0.1, 0.15) is 34.7 Å². The standard InChI is InChI=1S/C41H28F12P2/c1-25(34-16-10-17-35(34)36-15-8-9-18-37(36)55(30-11-4-2-5-12-30)31-13-6-3-7-14-31)54(32-21-26(38(42,43)44)19-27(22-32)39(45,46)47)33-23-28(40(48,49)50)20-29(24-33)41(51,52)53/h2-25,34H,1H3/t25-,34?/m1/s1. The first kappa shape index (κ1) is 40.3. The molecule has 14 heteroatoms. The molecule has 0 aliphatic heterocycles. The van der Waals surface area contributed by atoms with Crippen molar-refractivity contribution >= 4 is 47.9 Å². The van der Waals surface area contributed by atoms with E-state index in [0.717, 1.165) is 15.9 Å². The summed E-state index contributed by atoms with van der Waals surface area (Å²) in [6.07, 6.45) is -16.4. The molecule has 286 valence electrons. The van der Waals surface area contributed by atoms with Crippen molar-refractivity contribution in [2.45, 2.75) is 37.3 Å². The van der Waals surface area contributed by atoms with Gasteiger partial charge in [-0.3, -0.25) is 0 Å². The maximum atomic E-state index is 14.2. The van der Waals surface area contributed by atoms with Crippen LogP contribution in [0.4, 0.5) is 52.7 Å². The van der Waals surface area contributed by atoms with Gasteiger partial charge < -0.3 is 0 Å². The summed E-state index contributed by atoms with van der Waals surface area (Å²) in [5.41, 5.74) is -6.85. The highest BCUT2D eigenvalue weighted by molar-refractivity contribution is 7.80. The third kappa shape index (κ3) is 8.86. The van der Waals surface area contributed by atoms with Crippen molar-refractivity contribution in [3.05, 3.63) is 167 Å². The third-order valence-corrected chi connectivity index (χ3v) is 14.3. The van der Waals surface area contributed by atoms with Gasteiger partial charge in [0.15, 0.2) is 0 Å². The summed E-state index contributed by atoms with van der Waals surface area (Å²) in [6, 6.07) is 27.6. The molecule has 2 atom stereocenters. The zero-order chi connectivity index (χ0) is 39.9. The number of allylic oxidation sites excluding steroid dienone is 4. The molecule has 0 bridgehead atoms.